The van der Waals surface area contributed by atoms with Gasteiger partial charge >= 0.3 is 6.09 Å². The average molecular weight is 496 g/mol. The van der Waals surface area contributed by atoms with E-state index in [0.717, 1.165) is 4.88 Å². The number of anilines is 3. The maximum Gasteiger partial charge on any atom is 0.410 e. The van der Waals surface area contributed by atoms with Crippen LogP contribution in [0, 0.1) is 11.3 Å². The lowest BCUT2D eigenvalue weighted by Crippen LogP contribution is -2.49. The molecule has 3 aromatic rings. The lowest BCUT2D eigenvalue weighted by molar-refractivity contribution is -0.0371. The first kappa shape index (κ1) is 24.2. The molecule has 1 atom stereocenters. The summed E-state index contributed by atoms with van der Waals surface area (Å²) in [5, 5.41) is 23.9. The van der Waals surface area contributed by atoms with Gasteiger partial charge in [0.2, 0.25) is 0 Å². The summed E-state index contributed by atoms with van der Waals surface area (Å²) in [6.45, 7) is 7.28. The van der Waals surface area contributed by atoms with Gasteiger partial charge in [-0.15, -0.1) is 21.5 Å². The first-order chi connectivity index (χ1) is 16.8. The molecular formula is C22H25N9O3S. The Hall–Kier alpha value is -3.89. The molecule has 0 radical (unpaired) electrons. The molecule has 1 saturated heterocycles. The molecule has 4 heterocycles. The highest BCUT2D eigenvalue weighted by atomic mass is 32.1. The number of hydrogen-bond donors (Lipinski definition) is 2. The van der Waals surface area contributed by atoms with Crippen molar-refractivity contribution in [2.24, 2.45) is 0 Å². The van der Waals surface area contributed by atoms with Gasteiger partial charge in [0.1, 0.15) is 23.2 Å². The predicted octanol–water partition coefficient (Wildman–Crippen LogP) is 3.05. The Labute approximate surface area is 206 Å². The van der Waals surface area contributed by atoms with Crippen molar-refractivity contribution >= 4 is 34.8 Å². The summed E-state index contributed by atoms with van der Waals surface area (Å²) in [5.74, 6) is 0.873. The van der Waals surface area contributed by atoms with Crippen LogP contribution in [0.2, 0.25) is 0 Å². The van der Waals surface area contributed by atoms with Crippen LogP contribution in [0.15, 0.2) is 30.2 Å². The van der Waals surface area contributed by atoms with Crippen LogP contribution in [0.25, 0.3) is 10.6 Å². The molecule has 0 aliphatic carbocycles. The minimum Gasteiger partial charge on any atom is -0.444 e. The van der Waals surface area contributed by atoms with Crippen molar-refractivity contribution in [3.63, 3.8) is 0 Å². The molecule has 0 aromatic carbocycles. The van der Waals surface area contributed by atoms with Crippen LogP contribution in [0.5, 0.6) is 0 Å². The first-order valence-corrected chi connectivity index (χ1v) is 11.8. The molecule has 182 valence electrons. The molecule has 1 aliphatic heterocycles. The number of thiazole rings is 1. The van der Waals surface area contributed by atoms with Crippen LogP contribution >= 0.6 is 11.3 Å². The van der Waals surface area contributed by atoms with Crippen molar-refractivity contribution in [1.29, 1.82) is 5.26 Å². The zero-order valence-corrected chi connectivity index (χ0v) is 20.4. The second-order valence-electron chi connectivity index (χ2n) is 8.68. The van der Waals surface area contributed by atoms with Gasteiger partial charge in [0.05, 0.1) is 47.7 Å². The number of nitrogens with zero attached hydrogens (tertiary/aromatic N) is 7. The molecule has 1 fully saturated rings. The molecule has 0 bridgehead atoms. The van der Waals surface area contributed by atoms with Crippen LogP contribution in [-0.2, 0) is 9.47 Å². The van der Waals surface area contributed by atoms with Gasteiger partial charge in [0.15, 0.2) is 11.5 Å². The summed E-state index contributed by atoms with van der Waals surface area (Å²) in [7, 11) is 0. The quantitative estimate of drug-likeness (QED) is 0.519. The Balaban J connectivity index is 1.47. The minimum atomic E-state index is -0.557. The molecule has 3 aromatic heterocycles. The second kappa shape index (κ2) is 10.6. The maximum atomic E-state index is 12.5. The van der Waals surface area contributed by atoms with Crippen molar-refractivity contribution in [3.8, 4) is 16.6 Å². The number of ether oxygens (including phenoxy) is 2. The zero-order chi connectivity index (χ0) is 24.8. The van der Waals surface area contributed by atoms with E-state index in [4.69, 9.17) is 14.7 Å². The number of hydrogen-bond acceptors (Lipinski definition) is 12. The van der Waals surface area contributed by atoms with Crippen molar-refractivity contribution in [3.05, 3.63) is 35.9 Å². The highest BCUT2D eigenvalue weighted by molar-refractivity contribution is 7.13. The van der Waals surface area contributed by atoms with Crippen LogP contribution in [0.4, 0.5) is 22.1 Å². The Morgan fingerprint density at radius 1 is 1.29 bits per heavy atom. The standard InChI is InChI=1S/C22H25N9O3S/c1-22(2,3)34-21(32)31-4-5-33-15(12-31)9-26-16-6-18(28-19-11-25-14(7-23)8-27-19)29-30-20(16)17-10-24-13-35-17/h6,8,10-11,13,15H,4-5,9,12H2,1-3H3,(H2,26,27,28,29). The fourth-order valence-electron chi connectivity index (χ4n) is 3.24. The summed E-state index contributed by atoms with van der Waals surface area (Å²) in [4.78, 5) is 27.3. The molecule has 1 aliphatic rings. The van der Waals surface area contributed by atoms with E-state index in [9.17, 15) is 4.79 Å². The molecule has 1 amide bonds. The smallest absolute Gasteiger partial charge is 0.410 e. The Morgan fingerprint density at radius 3 is 2.83 bits per heavy atom. The van der Waals surface area contributed by atoms with E-state index < -0.39 is 5.60 Å². The molecule has 13 heteroatoms. The van der Waals surface area contributed by atoms with Crippen LogP contribution < -0.4 is 10.6 Å². The monoisotopic (exact) mass is 495 g/mol. The number of nitrogens with one attached hydrogen (secondary N) is 2. The van der Waals surface area contributed by atoms with E-state index in [1.165, 1.54) is 23.7 Å². The maximum absolute atomic E-state index is 12.5. The summed E-state index contributed by atoms with van der Waals surface area (Å²) in [5.41, 5.74) is 2.74. The third-order valence-corrected chi connectivity index (χ3v) is 5.57. The number of nitriles is 1. The van der Waals surface area contributed by atoms with Crippen LogP contribution in [0.3, 0.4) is 0 Å². The summed E-state index contributed by atoms with van der Waals surface area (Å²) >= 11 is 1.45. The van der Waals surface area contributed by atoms with Crippen LogP contribution in [-0.4, -0.2) is 74.1 Å². The van der Waals surface area contributed by atoms with Gasteiger partial charge in [-0.2, -0.15) is 5.26 Å². The topological polar surface area (TPSA) is 151 Å². The van der Waals surface area contributed by atoms with Gasteiger partial charge < -0.3 is 25.0 Å². The van der Waals surface area contributed by atoms with Gasteiger partial charge in [-0.25, -0.2) is 14.8 Å². The van der Waals surface area contributed by atoms with E-state index in [-0.39, 0.29) is 17.9 Å². The van der Waals surface area contributed by atoms with Gasteiger partial charge in [0, 0.05) is 25.4 Å². The Bertz CT molecular complexity index is 1190. The first-order valence-electron chi connectivity index (χ1n) is 10.9. The number of amides is 1. The molecule has 2 N–H and O–H groups in total. The average Bonchev–Trinajstić information content (AvgIpc) is 3.37. The molecule has 0 spiro atoms. The lowest BCUT2D eigenvalue weighted by atomic mass is 10.2. The summed E-state index contributed by atoms with van der Waals surface area (Å²) in [6.07, 6.45) is 3.96. The fourth-order valence-corrected chi connectivity index (χ4v) is 3.86. The minimum absolute atomic E-state index is 0.220. The molecule has 1 unspecified atom stereocenters. The number of aromatic nitrogens is 5. The Kier molecular flexibility index (Phi) is 7.33. The van der Waals surface area contributed by atoms with E-state index in [1.807, 2.05) is 26.8 Å². The fraction of sp³-hybridized carbons (Fsp3) is 0.409. The largest absolute Gasteiger partial charge is 0.444 e. The highest BCUT2D eigenvalue weighted by Gasteiger charge is 2.28. The van der Waals surface area contributed by atoms with Crippen molar-refractivity contribution in [1.82, 2.24) is 30.0 Å². The Morgan fingerprint density at radius 2 is 2.14 bits per heavy atom. The third kappa shape index (κ3) is 6.58. The lowest BCUT2D eigenvalue weighted by Gasteiger charge is -2.34. The SMILES string of the molecule is CC(C)(C)OC(=O)N1CCOC(CNc2cc(Nc3cnc(C#N)cn3)nnc2-c2cncs2)C1. The number of carbonyl (C=O) groups excluding carboxylic acids is 1. The van der Waals surface area contributed by atoms with E-state index in [0.29, 0.717) is 49.3 Å². The normalized spacial score (nSPS) is 15.8. The van der Waals surface area contributed by atoms with Crippen molar-refractivity contribution in [2.75, 3.05) is 36.9 Å². The third-order valence-electron chi connectivity index (χ3n) is 4.79. The van der Waals surface area contributed by atoms with Crippen LogP contribution in [0.1, 0.15) is 26.5 Å². The molecule has 35 heavy (non-hydrogen) atoms. The molecular weight excluding hydrogens is 470 g/mol. The number of carbonyl (C=O) groups is 1. The number of rotatable bonds is 6. The van der Waals surface area contributed by atoms with E-state index >= 15 is 0 Å². The van der Waals surface area contributed by atoms with Crippen molar-refractivity contribution in [2.45, 2.75) is 32.5 Å². The second-order valence-corrected chi connectivity index (χ2v) is 9.57. The van der Waals surface area contributed by atoms with Gasteiger partial charge in [-0.3, -0.25) is 4.98 Å². The van der Waals surface area contributed by atoms with Gasteiger partial charge in [-0.1, -0.05) is 0 Å². The number of morpholine rings is 1. The molecule has 0 saturated carbocycles. The zero-order valence-electron chi connectivity index (χ0n) is 19.6. The summed E-state index contributed by atoms with van der Waals surface area (Å²) < 4.78 is 11.4. The van der Waals surface area contributed by atoms with E-state index in [2.05, 4.69) is 35.8 Å². The predicted molar refractivity (Wildman–Crippen MR) is 129 cm³/mol. The van der Waals surface area contributed by atoms with Gasteiger partial charge in [0.25, 0.3) is 0 Å². The van der Waals surface area contributed by atoms with Crippen molar-refractivity contribution < 1.29 is 14.3 Å². The highest BCUT2D eigenvalue weighted by Crippen LogP contribution is 2.30. The molecule has 12 nitrogen and oxygen atoms in total. The van der Waals surface area contributed by atoms with E-state index in [1.54, 1.807) is 22.7 Å². The molecule has 4 rings (SSSR count). The summed E-state index contributed by atoms with van der Waals surface area (Å²) in [6, 6.07) is 3.73. The van der Waals surface area contributed by atoms with Gasteiger partial charge in [-0.05, 0) is 20.8 Å².